The van der Waals surface area contributed by atoms with Gasteiger partial charge in [-0.1, -0.05) is 6.07 Å². The fourth-order valence-electron chi connectivity index (χ4n) is 2.89. The second kappa shape index (κ2) is 5.97. The van der Waals surface area contributed by atoms with Crippen LogP contribution in [0.5, 0.6) is 17.2 Å². The van der Waals surface area contributed by atoms with Gasteiger partial charge >= 0.3 is 0 Å². The maximum atomic E-state index is 12.8. The third-order valence-electron chi connectivity index (χ3n) is 4.20. The van der Waals surface area contributed by atoms with Gasteiger partial charge in [0.05, 0.1) is 18.1 Å². The van der Waals surface area contributed by atoms with Gasteiger partial charge in [0, 0.05) is 11.6 Å². The average molecular weight is 344 g/mol. The van der Waals surface area contributed by atoms with Crippen LogP contribution in [-0.4, -0.2) is 28.0 Å². The highest BCUT2D eigenvalue weighted by Crippen LogP contribution is 2.37. The number of rotatable bonds is 4. The van der Waals surface area contributed by atoms with E-state index in [1.165, 1.54) is 31.4 Å². The first-order valence-electron chi connectivity index (χ1n) is 7.92. The molecule has 0 saturated carbocycles. The molecule has 0 amide bonds. The summed E-state index contributed by atoms with van der Waals surface area (Å²) in [6.07, 6.45) is 0.761. The Hall–Kier alpha value is -2.73. The van der Waals surface area contributed by atoms with E-state index < -0.39 is 11.0 Å². The zero-order chi connectivity index (χ0) is 18.4. The molecule has 132 valence electrons. The van der Waals surface area contributed by atoms with Crippen LogP contribution in [0.2, 0.25) is 0 Å². The molecule has 6 heteroatoms. The molecule has 6 nitrogen and oxygen atoms in total. The number of aryl methyl sites for hydroxylation is 1. The van der Waals surface area contributed by atoms with Crippen molar-refractivity contribution in [2.45, 2.75) is 32.3 Å². The van der Waals surface area contributed by atoms with Gasteiger partial charge in [-0.15, -0.1) is 0 Å². The van der Waals surface area contributed by atoms with Gasteiger partial charge in [-0.05, 0) is 38.8 Å². The third-order valence-corrected chi connectivity index (χ3v) is 4.20. The number of phenols is 2. The van der Waals surface area contributed by atoms with Crippen LogP contribution in [0.4, 0.5) is 0 Å². The molecular weight excluding hydrogens is 324 g/mol. The number of aliphatic hydroxyl groups is 1. The normalized spacial score (nSPS) is 12.0. The summed E-state index contributed by atoms with van der Waals surface area (Å²) in [5, 5.41) is 30.6. The molecule has 0 atom stereocenters. The first kappa shape index (κ1) is 17.1. The summed E-state index contributed by atoms with van der Waals surface area (Å²) >= 11 is 0. The van der Waals surface area contributed by atoms with Crippen LogP contribution in [-0.2, 0) is 6.42 Å². The average Bonchev–Trinajstić information content (AvgIpc) is 2.53. The van der Waals surface area contributed by atoms with Gasteiger partial charge in [0.1, 0.15) is 22.5 Å². The summed E-state index contributed by atoms with van der Waals surface area (Å²) in [5.41, 5.74) is -0.595. The lowest BCUT2D eigenvalue weighted by Gasteiger charge is -2.19. The number of para-hydroxylation sites is 1. The minimum Gasteiger partial charge on any atom is -0.507 e. The summed E-state index contributed by atoms with van der Waals surface area (Å²) in [6.45, 7) is 3.36. The fourth-order valence-corrected chi connectivity index (χ4v) is 2.89. The summed E-state index contributed by atoms with van der Waals surface area (Å²) in [4.78, 5) is 12.8. The van der Waals surface area contributed by atoms with E-state index in [2.05, 4.69) is 0 Å². The maximum absolute atomic E-state index is 12.8. The minimum atomic E-state index is -0.922. The summed E-state index contributed by atoms with van der Waals surface area (Å²) in [6, 6.07) is 5.86. The Morgan fingerprint density at radius 2 is 1.88 bits per heavy atom. The Kier molecular flexibility index (Phi) is 4.08. The standard InChI is InChI=1S/C19H20O6/c1-19(2,23)8-7-10-14(24-3)9-13(21)15-16(22)11-5-4-6-12(20)17(11)25-18(10)15/h4-6,9,20-21,23H,7-8H2,1-3H3. The highest BCUT2D eigenvalue weighted by atomic mass is 16.5. The molecule has 2 aromatic carbocycles. The zero-order valence-corrected chi connectivity index (χ0v) is 14.3. The van der Waals surface area contributed by atoms with E-state index in [-0.39, 0.29) is 33.4 Å². The molecule has 3 aromatic rings. The van der Waals surface area contributed by atoms with Gasteiger partial charge in [-0.3, -0.25) is 4.79 Å². The summed E-state index contributed by atoms with van der Waals surface area (Å²) < 4.78 is 11.1. The van der Waals surface area contributed by atoms with Gasteiger partial charge in [-0.25, -0.2) is 0 Å². The van der Waals surface area contributed by atoms with Crippen LogP contribution in [0, 0.1) is 0 Å². The monoisotopic (exact) mass is 344 g/mol. The second-order valence-electron chi connectivity index (χ2n) is 6.68. The van der Waals surface area contributed by atoms with E-state index >= 15 is 0 Å². The van der Waals surface area contributed by atoms with Crippen LogP contribution in [0.1, 0.15) is 25.8 Å². The lowest BCUT2D eigenvalue weighted by atomic mass is 9.96. The minimum absolute atomic E-state index is 0.0321. The molecule has 0 aliphatic rings. The Labute approximate surface area is 143 Å². The molecule has 0 aliphatic heterocycles. The van der Waals surface area contributed by atoms with E-state index in [9.17, 15) is 20.1 Å². The van der Waals surface area contributed by atoms with Crippen molar-refractivity contribution in [3.05, 3.63) is 40.1 Å². The quantitative estimate of drug-likeness (QED) is 0.629. The van der Waals surface area contributed by atoms with Gasteiger partial charge in [-0.2, -0.15) is 0 Å². The van der Waals surface area contributed by atoms with Crippen LogP contribution < -0.4 is 10.2 Å². The van der Waals surface area contributed by atoms with Crippen LogP contribution in [0.15, 0.2) is 33.5 Å². The molecule has 3 rings (SSSR count). The third kappa shape index (κ3) is 3.00. The van der Waals surface area contributed by atoms with E-state index in [4.69, 9.17) is 9.15 Å². The first-order chi connectivity index (χ1) is 11.7. The van der Waals surface area contributed by atoms with Crippen LogP contribution >= 0.6 is 0 Å². The van der Waals surface area contributed by atoms with Crippen molar-refractivity contribution in [1.29, 1.82) is 0 Å². The second-order valence-corrected chi connectivity index (χ2v) is 6.68. The summed E-state index contributed by atoms with van der Waals surface area (Å²) in [7, 11) is 1.45. The van der Waals surface area contributed by atoms with E-state index in [0.717, 1.165) is 0 Å². The van der Waals surface area contributed by atoms with Crippen molar-refractivity contribution < 1.29 is 24.5 Å². The molecule has 3 N–H and O–H groups in total. The lowest BCUT2D eigenvalue weighted by Crippen LogP contribution is -2.19. The van der Waals surface area contributed by atoms with E-state index in [0.29, 0.717) is 24.2 Å². The molecular formula is C19H20O6. The van der Waals surface area contributed by atoms with Crippen molar-refractivity contribution >= 4 is 21.9 Å². The van der Waals surface area contributed by atoms with Gasteiger partial charge < -0.3 is 24.5 Å². The molecule has 0 fully saturated rings. The molecule has 0 saturated heterocycles. The number of fused-ring (bicyclic) bond motifs is 2. The molecule has 25 heavy (non-hydrogen) atoms. The van der Waals surface area contributed by atoms with Gasteiger partial charge in [0.25, 0.3) is 0 Å². The Bertz CT molecular complexity index is 1010. The fraction of sp³-hybridized carbons (Fsp3) is 0.316. The predicted molar refractivity (Wildman–Crippen MR) is 94.5 cm³/mol. The van der Waals surface area contributed by atoms with Crippen molar-refractivity contribution in [1.82, 2.24) is 0 Å². The first-order valence-corrected chi connectivity index (χ1v) is 7.92. The molecule has 1 heterocycles. The van der Waals surface area contributed by atoms with Crippen LogP contribution in [0.25, 0.3) is 21.9 Å². The van der Waals surface area contributed by atoms with Crippen molar-refractivity contribution in [3.63, 3.8) is 0 Å². The molecule has 0 bridgehead atoms. The van der Waals surface area contributed by atoms with Crippen molar-refractivity contribution in [2.24, 2.45) is 0 Å². The number of hydrogen-bond donors (Lipinski definition) is 3. The topological polar surface area (TPSA) is 100 Å². The molecule has 0 radical (unpaired) electrons. The van der Waals surface area contributed by atoms with E-state index in [1.807, 2.05) is 0 Å². The van der Waals surface area contributed by atoms with E-state index in [1.54, 1.807) is 13.8 Å². The predicted octanol–water partition coefficient (Wildman–Crippen LogP) is 3.07. The van der Waals surface area contributed by atoms with Crippen molar-refractivity contribution in [2.75, 3.05) is 7.11 Å². The number of hydrogen-bond acceptors (Lipinski definition) is 6. The number of aromatic hydroxyl groups is 2. The molecule has 0 spiro atoms. The molecule has 0 unspecified atom stereocenters. The maximum Gasteiger partial charge on any atom is 0.204 e. The Morgan fingerprint density at radius 3 is 2.52 bits per heavy atom. The largest absolute Gasteiger partial charge is 0.507 e. The van der Waals surface area contributed by atoms with Crippen molar-refractivity contribution in [3.8, 4) is 17.2 Å². The lowest BCUT2D eigenvalue weighted by molar-refractivity contribution is 0.0713. The number of benzene rings is 2. The zero-order valence-electron chi connectivity index (χ0n) is 14.3. The molecule has 0 aliphatic carbocycles. The van der Waals surface area contributed by atoms with Gasteiger partial charge in [0.15, 0.2) is 11.3 Å². The van der Waals surface area contributed by atoms with Crippen LogP contribution in [0.3, 0.4) is 0 Å². The van der Waals surface area contributed by atoms with Gasteiger partial charge in [0.2, 0.25) is 5.43 Å². The number of phenolic OH excluding ortho intramolecular Hbond substituents is 2. The smallest absolute Gasteiger partial charge is 0.204 e. The number of ether oxygens (including phenoxy) is 1. The highest BCUT2D eigenvalue weighted by Gasteiger charge is 2.22. The Morgan fingerprint density at radius 1 is 1.16 bits per heavy atom. The Balaban J connectivity index is 2.40. The molecule has 1 aromatic heterocycles. The highest BCUT2D eigenvalue weighted by molar-refractivity contribution is 5.97. The SMILES string of the molecule is COc1cc(O)c2c(=O)c3cccc(O)c3oc2c1CCC(C)(C)O. The number of methoxy groups -OCH3 is 1. The summed E-state index contributed by atoms with van der Waals surface area (Å²) in [5.74, 6) is -0.0581.